The van der Waals surface area contributed by atoms with Gasteiger partial charge in [0, 0.05) is 42.3 Å². The summed E-state index contributed by atoms with van der Waals surface area (Å²) in [6.07, 6.45) is 3.29. The molecule has 3 N–H and O–H groups in total. The lowest BCUT2D eigenvalue weighted by molar-refractivity contribution is 0.0961. The SMILES string of the molecule is CCNC(=O)NC(=O)c1cc2c(Oc3ccc4c(ccn4C(=O)NCC)c3)ccnc2cc1OC. The molecule has 0 saturated carbocycles. The predicted molar refractivity (Wildman–Crippen MR) is 131 cm³/mol. The summed E-state index contributed by atoms with van der Waals surface area (Å²) in [5, 5.41) is 8.97. The molecule has 4 amide bonds. The number of hydrogen-bond acceptors (Lipinski definition) is 6. The number of pyridine rings is 1. The van der Waals surface area contributed by atoms with Gasteiger partial charge in [-0.05, 0) is 50.2 Å². The van der Waals surface area contributed by atoms with Gasteiger partial charge in [0.25, 0.3) is 5.91 Å². The highest BCUT2D eigenvalue weighted by Crippen LogP contribution is 2.34. The molecule has 4 rings (SSSR count). The number of ether oxygens (including phenoxy) is 2. The molecular formula is C25H25N5O5. The van der Waals surface area contributed by atoms with E-state index in [2.05, 4.69) is 20.9 Å². The summed E-state index contributed by atoms with van der Waals surface area (Å²) in [5.74, 6) is 0.671. The normalized spacial score (nSPS) is 10.7. The van der Waals surface area contributed by atoms with Crippen LogP contribution in [0, 0.1) is 0 Å². The minimum absolute atomic E-state index is 0.165. The van der Waals surface area contributed by atoms with E-state index in [0.29, 0.717) is 35.5 Å². The fourth-order valence-electron chi connectivity index (χ4n) is 3.68. The van der Waals surface area contributed by atoms with E-state index in [9.17, 15) is 14.4 Å². The van der Waals surface area contributed by atoms with Crippen molar-refractivity contribution in [2.45, 2.75) is 13.8 Å². The topological polar surface area (TPSA) is 124 Å². The number of rotatable bonds is 6. The van der Waals surface area contributed by atoms with Crippen LogP contribution in [-0.4, -0.2) is 47.7 Å². The Labute approximate surface area is 201 Å². The third kappa shape index (κ3) is 4.86. The molecule has 4 aromatic rings. The summed E-state index contributed by atoms with van der Waals surface area (Å²) in [6.45, 7) is 4.52. The van der Waals surface area contributed by atoms with Crippen molar-refractivity contribution in [1.82, 2.24) is 25.5 Å². The van der Waals surface area contributed by atoms with E-state index in [1.807, 2.05) is 19.1 Å². The van der Waals surface area contributed by atoms with Gasteiger partial charge in [0.2, 0.25) is 0 Å². The van der Waals surface area contributed by atoms with E-state index < -0.39 is 11.9 Å². The second-order valence-electron chi connectivity index (χ2n) is 7.54. The lowest BCUT2D eigenvalue weighted by Gasteiger charge is -2.13. The highest BCUT2D eigenvalue weighted by Gasteiger charge is 2.18. The van der Waals surface area contributed by atoms with Crippen molar-refractivity contribution in [2.24, 2.45) is 0 Å². The molecule has 2 aromatic heterocycles. The monoisotopic (exact) mass is 475 g/mol. The fraction of sp³-hybridized carbons (Fsp3) is 0.200. The molecule has 10 nitrogen and oxygen atoms in total. The van der Waals surface area contributed by atoms with Crippen LogP contribution in [0.5, 0.6) is 17.2 Å². The average Bonchev–Trinajstić information content (AvgIpc) is 3.27. The Morgan fingerprint density at radius 3 is 2.51 bits per heavy atom. The van der Waals surface area contributed by atoms with E-state index in [4.69, 9.17) is 9.47 Å². The van der Waals surface area contributed by atoms with Crippen molar-refractivity contribution in [3.63, 3.8) is 0 Å². The number of fused-ring (bicyclic) bond motifs is 2. The molecule has 0 aliphatic carbocycles. The lowest BCUT2D eigenvalue weighted by atomic mass is 10.1. The van der Waals surface area contributed by atoms with Crippen LogP contribution >= 0.6 is 0 Å². The largest absolute Gasteiger partial charge is 0.496 e. The molecule has 0 spiro atoms. The standard InChI is InChI=1S/C25H25N5O5/c1-4-26-24(32)29-23(31)18-13-17-19(14-22(18)34-3)28-10-8-21(17)35-16-6-7-20-15(12-16)9-11-30(20)25(33)27-5-2/h6-14H,4-5H2,1-3H3,(H,27,33)(H2,26,29,31,32). The van der Waals surface area contributed by atoms with Gasteiger partial charge in [-0.25, -0.2) is 9.59 Å². The smallest absolute Gasteiger partial charge is 0.326 e. The number of carbonyl (C=O) groups excluding carboxylic acids is 3. The minimum atomic E-state index is -0.613. The van der Waals surface area contributed by atoms with E-state index in [1.165, 1.54) is 11.7 Å². The molecule has 2 aromatic carbocycles. The highest BCUT2D eigenvalue weighted by molar-refractivity contribution is 6.08. The average molecular weight is 476 g/mol. The second-order valence-corrected chi connectivity index (χ2v) is 7.54. The lowest BCUT2D eigenvalue weighted by Crippen LogP contribution is -2.39. The molecule has 2 heterocycles. The van der Waals surface area contributed by atoms with Crippen LogP contribution in [0.2, 0.25) is 0 Å². The number of nitrogens with one attached hydrogen (secondary N) is 3. The summed E-state index contributed by atoms with van der Waals surface area (Å²) < 4.78 is 13.0. The number of hydrogen-bond donors (Lipinski definition) is 3. The maximum Gasteiger partial charge on any atom is 0.326 e. The van der Waals surface area contributed by atoms with Gasteiger partial charge in [0.05, 0.1) is 23.7 Å². The van der Waals surface area contributed by atoms with Crippen LogP contribution in [0.4, 0.5) is 9.59 Å². The Morgan fingerprint density at radius 2 is 1.77 bits per heavy atom. The second kappa shape index (κ2) is 10.1. The van der Waals surface area contributed by atoms with Gasteiger partial charge >= 0.3 is 12.1 Å². The Morgan fingerprint density at radius 1 is 0.971 bits per heavy atom. The summed E-state index contributed by atoms with van der Waals surface area (Å²) in [7, 11) is 1.44. The minimum Gasteiger partial charge on any atom is -0.496 e. The van der Waals surface area contributed by atoms with Crippen molar-refractivity contribution in [2.75, 3.05) is 20.2 Å². The van der Waals surface area contributed by atoms with Crippen molar-refractivity contribution >= 4 is 39.8 Å². The Balaban J connectivity index is 1.69. The van der Waals surface area contributed by atoms with Crippen molar-refractivity contribution in [1.29, 1.82) is 0 Å². The third-order valence-electron chi connectivity index (χ3n) is 5.27. The zero-order valence-electron chi connectivity index (χ0n) is 19.5. The van der Waals surface area contributed by atoms with Crippen molar-refractivity contribution in [3.05, 3.63) is 60.4 Å². The first-order valence-electron chi connectivity index (χ1n) is 11.1. The van der Waals surface area contributed by atoms with Gasteiger partial charge in [-0.3, -0.25) is 19.7 Å². The first-order valence-corrected chi connectivity index (χ1v) is 11.1. The summed E-state index contributed by atoms with van der Waals surface area (Å²) in [5.41, 5.74) is 1.47. The highest BCUT2D eigenvalue weighted by atomic mass is 16.5. The molecule has 0 radical (unpaired) electrons. The quantitative estimate of drug-likeness (QED) is 0.387. The third-order valence-corrected chi connectivity index (χ3v) is 5.27. The summed E-state index contributed by atoms with van der Waals surface area (Å²) >= 11 is 0. The molecule has 10 heteroatoms. The van der Waals surface area contributed by atoms with E-state index in [0.717, 1.165) is 10.9 Å². The number of aromatic nitrogens is 2. The van der Waals surface area contributed by atoms with Crippen LogP contribution in [-0.2, 0) is 0 Å². The van der Waals surface area contributed by atoms with Gasteiger partial charge in [-0.2, -0.15) is 0 Å². The molecule has 35 heavy (non-hydrogen) atoms. The fourth-order valence-corrected chi connectivity index (χ4v) is 3.68. The van der Waals surface area contributed by atoms with Crippen molar-refractivity contribution < 1.29 is 23.9 Å². The number of methoxy groups -OCH3 is 1. The van der Waals surface area contributed by atoms with Crippen molar-refractivity contribution in [3.8, 4) is 17.2 Å². The predicted octanol–water partition coefficient (Wildman–Crippen LogP) is 4.03. The molecule has 0 atom stereocenters. The van der Waals surface area contributed by atoms with Gasteiger partial charge in [-0.1, -0.05) is 0 Å². The molecule has 0 saturated heterocycles. The number of carbonyl (C=O) groups is 3. The molecule has 0 bridgehead atoms. The zero-order chi connectivity index (χ0) is 24.9. The maximum absolute atomic E-state index is 12.7. The molecular weight excluding hydrogens is 450 g/mol. The van der Waals surface area contributed by atoms with Gasteiger partial charge < -0.3 is 20.1 Å². The molecule has 0 fully saturated rings. The number of imide groups is 1. The number of amides is 4. The summed E-state index contributed by atoms with van der Waals surface area (Å²) in [4.78, 5) is 41.1. The number of nitrogens with zero attached hydrogens (tertiary/aromatic N) is 2. The van der Waals surface area contributed by atoms with Crippen LogP contribution in [0.3, 0.4) is 0 Å². The Bertz CT molecular complexity index is 1430. The van der Waals surface area contributed by atoms with Gasteiger partial charge in [0.15, 0.2) is 0 Å². The first kappa shape index (κ1) is 23.6. The Hall–Kier alpha value is -4.60. The first-order chi connectivity index (χ1) is 16.9. The number of benzene rings is 2. The molecule has 180 valence electrons. The zero-order valence-corrected chi connectivity index (χ0v) is 19.5. The van der Waals surface area contributed by atoms with E-state index >= 15 is 0 Å². The van der Waals surface area contributed by atoms with Crippen LogP contribution in [0.25, 0.3) is 21.8 Å². The molecule has 0 aliphatic rings. The molecule has 0 aliphatic heterocycles. The number of urea groups is 1. The maximum atomic E-state index is 12.7. The van der Waals surface area contributed by atoms with Gasteiger partial charge in [0.1, 0.15) is 17.2 Å². The van der Waals surface area contributed by atoms with E-state index in [-0.39, 0.29) is 17.3 Å². The van der Waals surface area contributed by atoms with Crippen LogP contribution in [0.15, 0.2) is 54.9 Å². The van der Waals surface area contributed by atoms with Crippen LogP contribution < -0.4 is 25.4 Å². The van der Waals surface area contributed by atoms with E-state index in [1.54, 1.807) is 49.6 Å². The summed E-state index contributed by atoms with van der Waals surface area (Å²) in [6, 6.07) is 11.3. The van der Waals surface area contributed by atoms with Crippen LogP contribution in [0.1, 0.15) is 24.2 Å². The Kier molecular flexibility index (Phi) is 6.81. The van der Waals surface area contributed by atoms with Gasteiger partial charge in [-0.15, -0.1) is 0 Å². The molecule has 0 unspecified atom stereocenters.